The van der Waals surface area contributed by atoms with Crippen LogP contribution in [0.4, 0.5) is 0 Å². The summed E-state index contributed by atoms with van der Waals surface area (Å²) >= 11 is 0. The molecule has 0 radical (unpaired) electrons. The van der Waals surface area contributed by atoms with Crippen LogP contribution in [0.25, 0.3) is 0 Å². The lowest BCUT2D eigenvalue weighted by molar-refractivity contribution is -0.0354. The van der Waals surface area contributed by atoms with Crippen LogP contribution in [0.2, 0.25) is 0 Å². The molecule has 0 amide bonds. The Kier molecular flexibility index (Phi) is 8.64. The fourth-order valence-electron chi connectivity index (χ4n) is 2.90. The van der Waals surface area contributed by atoms with Gasteiger partial charge < -0.3 is 14.8 Å². The van der Waals surface area contributed by atoms with E-state index in [9.17, 15) is 0 Å². The topological polar surface area (TPSA) is 30.5 Å². The first kappa shape index (κ1) is 15.9. The number of likely N-dealkylation sites (N-methyl/N-ethyl adjacent to an activating group) is 1. The van der Waals surface area contributed by atoms with Crippen LogP contribution in [0.1, 0.15) is 52.4 Å². The van der Waals surface area contributed by atoms with E-state index in [-0.39, 0.29) is 0 Å². The van der Waals surface area contributed by atoms with Gasteiger partial charge in [0.25, 0.3) is 0 Å². The molecule has 1 aliphatic rings. The summed E-state index contributed by atoms with van der Waals surface area (Å²) in [5, 5.41) is 3.40. The van der Waals surface area contributed by atoms with Crippen molar-refractivity contribution in [2.24, 2.45) is 5.92 Å². The second-order valence-corrected chi connectivity index (χ2v) is 5.38. The maximum atomic E-state index is 6.02. The third kappa shape index (κ3) is 5.68. The van der Waals surface area contributed by atoms with Crippen molar-refractivity contribution in [3.63, 3.8) is 0 Å². The summed E-state index contributed by atoms with van der Waals surface area (Å²) in [6, 6.07) is 0.532. The molecular formula is C15H31NO2. The van der Waals surface area contributed by atoms with Gasteiger partial charge in [0.05, 0.1) is 19.3 Å². The monoisotopic (exact) mass is 257 g/mol. The molecule has 0 spiro atoms. The fraction of sp³-hybridized carbons (Fsp3) is 1.00. The van der Waals surface area contributed by atoms with Crippen LogP contribution in [-0.4, -0.2) is 39.0 Å². The Hall–Kier alpha value is -0.120. The molecule has 1 fully saturated rings. The molecule has 1 aliphatic carbocycles. The normalized spacial score (nSPS) is 28.5. The van der Waals surface area contributed by atoms with Gasteiger partial charge in [-0.05, 0) is 38.6 Å². The van der Waals surface area contributed by atoms with E-state index in [1.807, 2.05) is 0 Å². The molecule has 0 aromatic rings. The molecule has 1 saturated carbocycles. The fourth-order valence-corrected chi connectivity index (χ4v) is 2.90. The number of rotatable bonds is 9. The zero-order valence-electron chi connectivity index (χ0n) is 12.4. The first-order chi connectivity index (χ1) is 8.81. The van der Waals surface area contributed by atoms with E-state index in [0.717, 1.165) is 32.2 Å². The Morgan fingerprint density at radius 2 is 1.89 bits per heavy atom. The maximum Gasteiger partial charge on any atom is 0.0731 e. The molecule has 3 atom stereocenters. The quantitative estimate of drug-likeness (QED) is 0.644. The molecule has 0 heterocycles. The standard InChI is InChI=1S/C15H31NO2/c1-4-6-13-7-8-14(16-3)15(12-13)18-11-10-17-9-5-2/h13-16H,4-12H2,1-3H3. The van der Waals surface area contributed by atoms with Gasteiger partial charge in [0.15, 0.2) is 0 Å². The summed E-state index contributed by atoms with van der Waals surface area (Å²) in [7, 11) is 2.05. The zero-order chi connectivity index (χ0) is 13.2. The number of ether oxygens (including phenoxy) is 2. The Balaban J connectivity index is 2.24. The first-order valence-corrected chi connectivity index (χ1v) is 7.68. The molecular weight excluding hydrogens is 226 g/mol. The molecule has 0 aromatic carbocycles. The average molecular weight is 257 g/mol. The maximum absolute atomic E-state index is 6.02. The van der Waals surface area contributed by atoms with E-state index < -0.39 is 0 Å². The van der Waals surface area contributed by atoms with E-state index in [1.54, 1.807) is 0 Å². The second kappa shape index (κ2) is 9.76. The molecule has 18 heavy (non-hydrogen) atoms. The molecule has 0 bridgehead atoms. The van der Waals surface area contributed by atoms with Crippen molar-refractivity contribution in [2.45, 2.75) is 64.5 Å². The van der Waals surface area contributed by atoms with Gasteiger partial charge in [-0.1, -0.05) is 26.7 Å². The third-order valence-electron chi connectivity index (χ3n) is 3.88. The summed E-state index contributed by atoms with van der Waals surface area (Å²) in [6.07, 6.45) is 7.93. The highest BCUT2D eigenvalue weighted by atomic mass is 16.5. The average Bonchev–Trinajstić information content (AvgIpc) is 2.39. The minimum absolute atomic E-state index is 0.380. The van der Waals surface area contributed by atoms with Crippen molar-refractivity contribution >= 4 is 0 Å². The predicted molar refractivity (Wildman–Crippen MR) is 75.9 cm³/mol. The summed E-state index contributed by atoms with van der Waals surface area (Å²) < 4.78 is 11.5. The van der Waals surface area contributed by atoms with Gasteiger partial charge in [-0.25, -0.2) is 0 Å². The molecule has 1 N–H and O–H groups in total. The van der Waals surface area contributed by atoms with Crippen LogP contribution in [0, 0.1) is 5.92 Å². The molecule has 3 heteroatoms. The summed E-state index contributed by atoms with van der Waals surface area (Å²) in [5.74, 6) is 0.862. The van der Waals surface area contributed by atoms with Crippen LogP contribution in [0.5, 0.6) is 0 Å². The van der Waals surface area contributed by atoms with Crippen molar-refractivity contribution in [2.75, 3.05) is 26.9 Å². The lowest BCUT2D eigenvalue weighted by Gasteiger charge is -2.36. The SMILES string of the molecule is CCCOCCOC1CC(CCC)CCC1NC. The highest BCUT2D eigenvalue weighted by molar-refractivity contribution is 4.84. The Bertz CT molecular complexity index is 199. The van der Waals surface area contributed by atoms with E-state index in [0.29, 0.717) is 12.1 Å². The molecule has 0 aliphatic heterocycles. The summed E-state index contributed by atoms with van der Waals surface area (Å²) in [6.45, 7) is 6.73. The lowest BCUT2D eigenvalue weighted by atomic mass is 9.81. The van der Waals surface area contributed by atoms with Crippen molar-refractivity contribution in [3.8, 4) is 0 Å². The number of nitrogens with one attached hydrogen (secondary N) is 1. The molecule has 0 saturated heterocycles. The molecule has 108 valence electrons. The van der Waals surface area contributed by atoms with Gasteiger partial charge in [-0.15, -0.1) is 0 Å². The highest BCUT2D eigenvalue weighted by Crippen LogP contribution is 2.29. The summed E-state index contributed by atoms with van der Waals surface area (Å²) in [4.78, 5) is 0. The molecule has 0 aromatic heterocycles. The minimum atomic E-state index is 0.380. The van der Waals surface area contributed by atoms with E-state index in [2.05, 4.69) is 26.2 Å². The summed E-state index contributed by atoms with van der Waals surface area (Å²) in [5.41, 5.74) is 0. The highest BCUT2D eigenvalue weighted by Gasteiger charge is 2.29. The first-order valence-electron chi connectivity index (χ1n) is 7.68. The Morgan fingerprint density at radius 3 is 2.56 bits per heavy atom. The van der Waals surface area contributed by atoms with Gasteiger partial charge in [-0.3, -0.25) is 0 Å². The van der Waals surface area contributed by atoms with Crippen LogP contribution < -0.4 is 5.32 Å². The van der Waals surface area contributed by atoms with Gasteiger partial charge in [0.2, 0.25) is 0 Å². The zero-order valence-corrected chi connectivity index (χ0v) is 12.4. The van der Waals surface area contributed by atoms with E-state index >= 15 is 0 Å². The Morgan fingerprint density at radius 1 is 1.06 bits per heavy atom. The van der Waals surface area contributed by atoms with Crippen molar-refractivity contribution < 1.29 is 9.47 Å². The van der Waals surface area contributed by atoms with Crippen molar-refractivity contribution in [3.05, 3.63) is 0 Å². The molecule has 3 unspecified atom stereocenters. The van der Waals surface area contributed by atoms with E-state index in [1.165, 1.54) is 32.1 Å². The van der Waals surface area contributed by atoms with Crippen LogP contribution in [-0.2, 0) is 9.47 Å². The lowest BCUT2D eigenvalue weighted by Crippen LogP contribution is -2.44. The van der Waals surface area contributed by atoms with Crippen molar-refractivity contribution in [1.82, 2.24) is 5.32 Å². The minimum Gasteiger partial charge on any atom is -0.379 e. The van der Waals surface area contributed by atoms with Gasteiger partial charge in [0.1, 0.15) is 0 Å². The number of hydrogen-bond donors (Lipinski definition) is 1. The second-order valence-electron chi connectivity index (χ2n) is 5.38. The van der Waals surface area contributed by atoms with Crippen molar-refractivity contribution in [1.29, 1.82) is 0 Å². The number of hydrogen-bond acceptors (Lipinski definition) is 3. The predicted octanol–water partition coefficient (Wildman–Crippen LogP) is 2.99. The van der Waals surface area contributed by atoms with Gasteiger partial charge in [0, 0.05) is 12.6 Å². The third-order valence-corrected chi connectivity index (χ3v) is 3.88. The molecule has 3 nitrogen and oxygen atoms in total. The Labute approximate surface area is 113 Å². The van der Waals surface area contributed by atoms with Crippen LogP contribution in [0.3, 0.4) is 0 Å². The molecule has 1 rings (SSSR count). The van der Waals surface area contributed by atoms with Crippen LogP contribution in [0.15, 0.2) is 0 Å². The van der Waals surface area contributed by atoms with Gasteiger partial charge in [-0.2, -0.15) is 0 Å². The largest absolute Gasteiger partial charge is 0.379 e. The smallest absolute Gasteiger partial charge is 0.0731 e. The van der Waals surface area contributed by atoms with E-state index in [4.69, 9.17) is 9.47 Å². The van der Waals surface area contributed by atoms with Crippen LogP contribution >= 0.6 is 0 Å². The van der Waals surface area contributed by atoms with Gasteiger partial charge >= 0.3 is 0 Å².